The van der Waals surface area contributed by atoms with Crippen LogP contribution in [-0.4, -0.2) is 36.5 Å². The molecule has 3 heteroatoms. The van der Waals surface area contributed by atoms with Crippen molar-refractivity contribution in [1.82, 2.24) is 5.32 Å². The van der Waals surface area contributed by atoms with E-state index >= 15 is 0 Å². The molecule has 0 aromatic heterocycles. The van der Waals surface area contributed by atoms with E-state index in [4.69, 9.17) is 10.2 Å². The molecule has 0 aromatic carbocycles. The number of hydrogen-bond donors (Lipinski definition) is 3. The Balaban J connectivity index is 2.22. The SMILES string of the molecule is OCC1=C(CO)C2=C1CNC2. The zero-order valence-electron chi connectivity index (χ0n) is 6.22. The van der Waals surface area contributed by atoms with Gasteiger partial charge in [-0.3, -0.25) is 0 Å². The largest absolute Gasteiger partial charge is 0.392 e. The first-order valence-corrected chi connectivity index (χ1v) is 3.75. The highest BCUT2D eigenvalue weighted by Gasteiger charge is 2.30. The van der Waals surface area contributed by atoms with Crippen molar-refractivity contribution in [3.63, 3.8) is 0 Å². The molecule has 0 unspecified atom stereocenters. The number of nitrogens with one attached hydrogen (secondary N) is 1. The van der Waals surface area contributed by atoms with Gasteiger partial charge in [0.05, 0.1) is 13.2 Å². The summed E-state index contributed by atoms with van der Waals surface area (Å²) in [4.78, 5) is 0. The predicted octanol–water partition coefficient (Wildman–Crippen LogP) is -0.819. The minimum Gasteiger partial charge on any atom is -0.392 e. The van der Waals surface area contributed by atoms with Crippen LogP contribution in [0.2, 0.25) is 0 Å². The molecule has 0 fully saturated rings. The lowest BCUT2D eigenvalue weighted by molar-refractivity contribution is 0.310. The summed E-state index contributed by atoms with van der Waals surface area (Å²) in [6.45, 7) is 1.84. The number of rotatable bonds is 2. The lowest BCUT2D eigenvalue weighted by Crippen LogP contribution is -2.16. The normalized spacial score (nSPS) is 22.4. The molecule has 11 heavy (non-hydrogen) atoms. The standard InChI is InChI=1S/C8H11NO2/c10-3-7-5-1-9-2-6(5)8(7)4-11/h9-11H,1-4H2. The van der Waals surface area contributed by atoms with Gasteiger partial charge in [-0.15, -0.1) is 0 Å². The van der Waals surface area contributed by atoms with Gasteiger partial charge in [0.25, 0.3) is 0 Å². The summed E-state index contributed by atoms with van der Waals surface area (Å²) in [6.07, 6.45) is 0. The third kappa shape index (κ3) is 0.788. The van der Waals surface area contributed by atoms with Crippen LogP contribution in [0.15, 0.2) is 22.3 Å². The molecule has 0 amide bonds. The molecule has 0 saturated heterocycles. The fourth-order valence-electron chi connectivity index (χ4n) is 1.79. The van der Waals surface area contributed by atoms with Gasteiger partial charge in [0.15, 0.2) is 0 Å². The first-order chi connectivity index (χ1) is 5.38. The van der Waals surface area contributed by atoms with Crippen LogP contribution in [0.4, 0.5) is 0 Å². The van der Waals surface area contributed by atoms with E-state index in [0.29, 0.717) is 0 Å². The van der Waals surface area contributed by atoms with Crippen molar-refractivity contribution in [2.24, 2.45) is 0 Å². The second kappa shape index (κ2) is 2.44. The molecule has 1 aliphatic heterocycles. The molecule has 0 radical (unpaired) electrons. The Morgan fingerprint density at radius 3 is 1.82 bits per heavy atom. The van der Waals surface area contributed by atoms with Crippen molar-refractivity contribution in [3.8, 4) is 0 Å². The molecule has 2 aliphatic rings. The van der Waals surface area contributed by atoms with Crippen LogP contribution in [0.5, 0.6) is 0 Å². The summed E-state index contributed by atoms with van der Waals surface area (Å²) in [5, 5.41) is 21.0. The van der Waals surface area contributed by atoms with Crippen molar-refractivity contribution in [1.29, 1.82) is 0 Å². The van der Waals surface area contributed by atoms with Crippen LogP contribution in [-0.2, 0) is 0 Å². The van der Waals surface area contributed by atoms with Crippen LogP contribution >= 0.6 is 0 Å². The van der Waals surface area contributed by atoms with E-state index in [-0.39, 0.29) is 13.2 Å². The minimum absolute atomic E-state index is 0.0659. The van der Waals surface area contributed by atoms with Crippen LogP contribution < -0.4 is 5.32 Å². The lowest BCUT2D eigenvalue weighted by atomic mass is 9.83. The van der Waals surface area contributed by atoms with Gasteiger partial charge in [0, 0.05) is 13.1 Å². The van der Waals surface area contributed by atoms with Crippen LogP contribution in [0, 0.1) is 0 Å². The summed E-state index contributed by atoms with van der Waals surface area (Å²) in [7, 11) is 0. The Hall–Kier alpha value is -0.640. The molecule has 0 saturated carbocycles. The molecule has 1 heterocycles. The molecule has 3 N–H and O–H groups in total. The fourth-order valence-corrected chi connectivity index (χ4v) is 1.79. The van der Waals surface area contributed by atoms with Crippen LogP contribution in [0.1, 0.15) is 0 Å². The Morgan fingerprint density at radius 2 is 1.45 bits per heavy atom. The van der Waals surface area contributed by atoms with Crippen LogP contribution in [0.3, 0.4) is 0 Å². The summed E-state index contributed by atoms with van der Waals surface area (Å²) in [5.74, 6) is 0. The second-order valence-electron chi connectivity index (χ2n) is 2.83. The molecule has 0 atom stereocenters. The maximum Gasteiger partial charge on any atom is 0.0688 e. The van der Waals surface area contributed by atoms with E-state index in [2.05, 4.69) is 5.32 Å². The maximum atomic E-state index is 8.90. The van der Waals surface area contributed by atoms with Crippen molar-refractivity contribution in [2.75, 3.05) is 26.3 Å². The van der Waals surface area contributed by atoms with Gasteiger partial charge in [-0.1, -0.05) is 0 Å². The molecule has 1 aliphatic carbocycles. The fraction of sp³-hybridized carbons (Fsp3) is 0.500. The van der Waals surface area contributed by atoms with E-state index < -0.39 is 0 Å². The third-order valence-electron chi connectivity index (χ3n) is 2.38. The van der Waals surface area contributed by atoms with Crippen molar-refractivity contribution >= 4 is 0 Å². The van der Waals surface area contributed by atoms with Gasteiger partial charge in [0.2, 0.25) is 0 Å². The van der Waals surface area contributed by atoms with E-state index in [1.165, 1.54) is 11.1 Å². The predicted molar refractivity (Wildman–Crippen MR) is 41.1 cm³/mol. The summed E-state index contributed by atoms with van der Waals surface area (Å²) < 4.78 is 0. The van der Waals surface area contributed by atoms with E-state index in [1.54, 1.807) is 0 Å². The minimum atomic E-state index is 0.0659. The zero-order chi connectivity index (χ0) is 7.84. The zero-order valence-corrected chi connectivity index (χ0v) is 6.22. The Morgan fingerprint density at radius 1 is 1.00 bits per heavy atom. The van der Waals surface area contributed by atoms with Crippen LogP contribution in [0.25, 0.3) is 0 Å². The first-order valence-electron chi connectivity index (χ1n) is 3.75. The topological polar surface area (TPSA) is 52.5 Å². The molecule has 3 nitrogen and oxygen atoms in total. The first kappa shape index (κ1) is 7.03. The van der Waals surface area contributed by atoms with Gasteiger partial charge < -0.3 is 15.5 Å². The number of aliphatic hydroxyl groups excluding tert-OH is 2. The Labute approximate surface area is 65.0 Å². The van der Waals surface area contributed by atoms with Gasteiger partial charge in [0.1, 0.15) is 0 Å². The third-order valence-corrected chi connectivity index (χ3v) is 2.38. The maximum absolute atomic E-state index is 8.90. The van der Waals surface area contributed by atoms with Gasteiger partial charge >= 0.3 is 0 Å². The van der Waals surface area contributed by atoms with Crippen molar-refractivity contribution in [2.45, 2.75) is 0 Å². The smallest absolute Gasteiger partial charge is 0.0688 e. The average Bonchev–Trinajstić information content (AvgIpc) is 2.36. The van der Waals surface area contributed by atoms with Crippen molar-refractivity contribution in [3.05, 3.63) is 22.3 Å². The van der Waals surface area contributed by atoms with Gasteiger partial charge in [-0.05, 0) is 22.3 Å². The monoisotopic (exact) mass is 153 g/mol. The summed E-state index contributed by atoms with van der Waals surface area (Å²) in [6, 6.07) is 0. The molecule has 0 aromatic rings. The molecule has 2 rings (SSSR count). The van der Waals surface area contributed by atoms with E-state index in [9.17, 15) is 0 Å². The Bertz CT molecular complexity index is 229. The van der Waals surface area contributed by atoms with Gasteiger partial charge in [-0.2, -0.15) is 0 Å². The highest BCUT2D eigenvalue weighted by molar-refractivity contribution is 5.63. The average molecular weight is 153 g/mol. The molecular formula is C8H11NO2. The van der Waals surface area contributed by atoms with E-state index in [0.717, 1.165) is 24.2 Å². The molecule has 60 valence electrons. The van der Waals surface area contributed by atoms with Gasteiger partial charge in [-0.25, -0.2) is 0 Å². The number of hydrogen-bond acceptors (Lipinski definition) is 3. The number of aliphatic hydroxyl groups is 2. The summed E-state index contributed by atoms with van der Waals surface area (Å²) in [5.41, 5.74) is 4.34. The highest BCUT2D eigenvalue weighted by Crippen LogP contribution is 2.36. The molecule has 0 bridgehead atoms. The van der Waals surface area contributed by atoms with E-state index in [1.807, 2.05) is 0 Å². The molecular weight excluding hydrogens is 142 g/mol. The Kier molecular flexibility index (Phi) is 1.56. The molecule has 0 spiro atoms. The quantitative estimate of drug-likeness (QED) is 0.486. The lowest BCUT2D eigenvalue weighted by Gasteiger charge is -2.23. The highest BCUT2D eigenvalue weighted by atomic mass is 16.3. The summed E-state index contributed by atoms with van der Waals surface area (Å²) >= 11 is 0. The second-order valence-corrected chi connectivity index (χ2v) is 2.83. The van der Waals surface area contributed by atoms with Crippen molar-refractivity contribution < 1.29 is 10.2 Å².